The standard InChI is InChI=1S/C18H16ClN3O3/c1-24-15-8-4-13(5-9-15)18-21-17(25-22-18)11-20-16(23)10-12-2-6-14(19)7-3-12/h2-9H,10-11H2,1H3,(H,20,23). The first-order chi connectivity index (χ1) is 12.1. The molecule has 0 aliphatic carbocycles. The lowest BCUT2D eigenvalue weighted by Crippen LogP contribution is -2.24. The molecule has 0 aliphatic rings. The lowest BCUT2D eigenvalue weighted by Gasteiger charge is -2.02. The Bertz CT molecular complexity index is 845. The summed E-state index contributed by atoms with van der Waals surface area (Å²) in [6.07, 6.45) is 0.261. The van der Waals surface area contributed by atoms with Crippen LogP contribution >= 0.6 is 11.6 Å². The molecule has 0 radical (unpaired) electrons. The van der Waals surface area contributed by atoms with Crippen molar-refractivity contribution in [2.24, 2.45) is 0 Å². The lowest BCUT2D eigenvalue weighted by molar-refractivity contribution is -0.120. The quantitative estimate of drug-likeness (QED) is 0.732. The first-order valence-corrected chi connectivity index (χ1v) is 8.00. The molecule has 7 heteroatoms. The summed E-state index contributed by atoms with van der Waals surface area (Å²) in [5.74, 6) is 1.42. The summed E-state index contributed by atoms with van der Waals surface area (Å²) >= 11 is 5.82. The monoisotopic (exact) mass is 357 g/mol. The van der Waals surface area contributed by atoms with Gasteiger partial charge in [0.1, 0.15) is 5.75 Å². The highest BCUT2D eigenvalue weighted by Crippen LogP contribution is 2.19. The number of aromatic nitrogens is 2. The second-order valence-corrected chi connectivity index (χ2v) is 5.76. The molecule has 0 fully saturated rings. The predicted molar refractivity (Wildman–Crippen MR) is 93.3 cm³/mol. The number of nitrogens with zero attached hydrogens (tertiary/aromatic N) is 2. The maximum atomic E-state index is 12.0. The molecule has 25 heavy (non-hydrogen) atoms. The fourth-order valence-electron chi connectivity index (χ4n) is 2.21. The van der Waals surface area contributed by atoms with E-state index in [1.54, 1.807) is 19.2 Å². The first kappa shape index (κ1) is 17.0. The fourth-order valence-corrected chi connectivity index (χ4v) is 2.33. The fraction of sp³-hybridized carbons (Fsp3) is 0.167. The van der Waals surface area contributed by atoms with E-state index in [9.17, 15) is 4.79 Å². The summed E-state index contributed by atoms with van der Waals surface area (Å²) in [7, 11) is 1.61. The molecule has 0 atom stereocenters. The van der Waals surface area contributed by atoms with Gasteiger partial charge in [0.25, 0.3) is 0 Å². The van der Waals surface area contributed by atoms with Crippen molar-refractivity contribution in [1.29, 1.82) is 0 Å². The minimum absolute atomic E-state index is 0.133. The normalized spacial score (nSPS) is 10.5. The maximum absolute atomic E-state index is 12.0. The van der Waals surface area contributed by atoms with Crippen LogP contribution in [0.15, 0.2) is 53.1 Å². The zero-order valence-corrected chi connectivity index (χ0v) is 14.3. The van der Waals surface area contributed by atoms with Crippen LogP contribution in [0.2, 0.25) is 5.02 Å². The number of nitrogens with one attached hydrogen (secondary N) is 1. The van der Waals surface area contributed by atoms with Gasteiger partial charge < -0.3 is 14.6 Å². The lowest BCUT2D eigenvalue weighted by atomic mass is 10.1. The van der Waals surface area contributed by atoms with Gasteiger partial charge >= 0.3 is 0 Å². The Morgan fingerprint density at radius 2 is 1.88 bits per heavy atom. The number of benzene rings is 2. The van der Waals surface area contributed by atoms with E-state index in [2.05, 4.69) is 15.5 Å². The molecule has 0 saturated carbocycles. The summed E-state index contributed by atoms with van der Waals surface area (Å²) in [5.41, 5.74) is 1.69. The molecule has 0 saturated heterocycles. The molecule has 1 N–H and O–H groups in total. The summed E-state index contributed by atoms with van der Waals surface area (Å²) in [6.45, 7) is 0.176. The zero-order chi connectivity index (χ0) is 17.6. The summed E-state index contributed by atoms with van der Waals surface area (Å²) < 4.78 is 10.3. The van der Waals surface area contributed by atoms with Crippen LogP contribution in [0.5, 0.6) is 5.75 Å². The van der Waals surface area contributed by atoms with Gasteiger partial charge in [-0.15, -0.1) is 0 Å². The van der Waals surface area contributed by atoms with Crippen molar-refractivity contribution >= 4 is 17.5 Å². The zero-order valence-electron chi connectivity index (χ0n) is 13.5. The number of hydrogen-bond acceptors (Lipinski definition) is 5. The van der Waals surface area contributed by atoms with Crippen LogP contribution < -0.4 is 10.1 Å². The number of amides is 1. The number of ether oxygens (including phenoxy) is 1. The number of carbonyl (C=O) groups excluding carboxylic acids is 1. The molecular formula is C18H16ClN3O3. The molecule has 128 valence electrons. The summed E-state index contributed by atoms with van der Waals surface area (Å²) in [4.78, 5) is 16.2. The van der Waals surface area contributed by atoms with Crippen molar-refractivity contribution in [2.45, 2.75) is 13.0 Å². The van der Waals surface area contributed by atoms with Crippen molar-refractivity contribution in [3.8, 4) is 17.1 Å². The van der Waals surface area contributed by atoms with Gasteiger partial charge in [0.2, 0.25) is 17.6 Å². The van der Waals surface area contributed by atoms with Crippen LogP contribution in [0.4, 0.5) is 0 Å². The van der Waals surface area contributed by atoms with E-state index >= 15 is 0 Å². The smallest absolute Gasteiger partial charge is 0.246 e. The first-order valence-electron chi connectivity index (χ1n) is 7.62. The van der Waals surface area contributed by atoms with Crippen molar-refractivity contribution in [3.63, 3.8) is 0 Å². The van der Waals surface area contributed by atoms with E-state index in [-0.39, 0.29) is 18.9 Å². The molecule has 0 bridgehead atoms. The molecule has 2 aromatic carbocycles. The van der Waals surface area contributed by atoms with Gasteiger partial charge in [-0.25, -0.2) is 0 Å². The average molecular weight is 358 g/mol. The van der Waals surface area contributed by atoms with Crippen molar-refractivity contribution in [3.05, 3.63) is 65.0 Å². The van der Waals surface area contributed by atoms with E-state index in [1.165, 1.54) is 0 Å². The Kier molecular flexibility index (Phi) is 5.30. The predicted octanol–water partition coefficient (Wildman–Crippen LogP) is 3.26. The summed E-state index contributed by atoms with van der Waals surface area (Å²) in [5, 5.41) is 7.32. The molecule has 3 rings (SSSR count). The van der Waals surface area contributed by atoms with Gasteiger partial charge in [0, 0.05) is 10.6 Å². The van der Waals surface area contributed by atoms with Gasteiger partial charge in [0.15, 0.2) is 0 Å². The van der Waals surface area contributed by atoms with Crippen LogP contribution in [-0.2, 0) is 17.8 Å². The van der Waals surface area contributed by atoms with Crippen LogP contribution in [0.3, 0.4) is 0 Å². The van der Waals surface area contributed by atoms with Crippen molar-refractivity contribution < 1.29 is 14.1 Å². The molecule has 3 aromatic rings. The second-order valence-electron chi connectivity index (χ2n) is 5.32. The van der Waals surface area contributed by atoms with Crippen LogP contribution in [0.25, 0.3) is 11.4 Å². The van der Waals surface area contributed by atoms with Crippen molar-refractivity contribution in [2.75, 3.05) is 7.11 Å². The van der Waals surface area contributed by atoms with E-state index in [0.29, 0.717) is 16.7 Å². The van der Waals surface area contributed by atoms with Crippen LogP contribution in [0.1, 0.15) is 11.5 Å². The second kappa shape index (κ2) is 7.81. The molecule has 1 aromatic heterocycles. The van der Waals surface area contributed by atoms with Crippen LogP contribution in [0, 0.1) is 0 Å². The molecule has 1 amide bonds. The van der Waals surface area contributed by atoms with Gasteiger partial charge in [-0.3, -0.25) is 4.79 Å². The third-order valence-electron chi connectivity index (χ3n) is 3.53. The number of hydrogen-bond donors (Lipinski definition) is 1. The Balaban J connectivity index is 1.55. The highest BCUT2D eigenvalue weighted by atomic mass is 35.5. The number of rotatable bonds is 6. The van der Waals surface area contributed by atoms with E-state index in [0.717, 1.165) is 16.9 Å². The van der Waals surface area contributed by atoms with E-state index in [4.69, 9.17) is 20.9 Å². The third-order valence-corrected chi connectivity index (χ3v) is 3.78. The largest absolute Gasteiger partial charge is 0.497 e. The highest BCUT2D eigenvalue weighted by molar-refractivity contribution is 6.30. The van der Waals surface area contributed by atoms with E-state index in [1.807, 2.05) is 36.4 Å². The molecule has 0 unspecified atom stereocenters. The summed E-state index contributed by atoms with van der Waals surface area (Å²) in [6, 6.07) is 14.5. The van der Waals surface area contributed by atoms with E-state index < -0.39 is 0 Å². The third kappa shape index (κ3) is 4.58. The minimum Gasteiger partial charge on any atom is -0.497 e. The number of carbonyl (C=O) groups is 1. The van der Waals surface area contributed by atoms with Gasteiger partial charge in [-0.1, -0.05) is 28.9 Å². The Labute approximate surface area is 149 Å². The number of halogens is 1. The topological polar surface area (TPSA) is 77.3 Å². The molecule has 1 heterocycles. The SMILES string of the molecule is COc1ccc(-c2noc(CNC(=O)Cc3ccc(Cl)cc3)n2)cc1. The Morgan fingerprint density at radius 3 is 2.56 bits per heavy atom. The highest BCUT2D eigenvalue weighted by Gasteiger charge is 2.10. The Hall–Kier alpha value is -2.86. The number of methoxy groups -OCH3 is 1. The molecule has 0 spiro atoms. The molecular weight excluding hydrogens is 342 g/mol. The minimum atomic E-state index is -0.133. The van der Waals surface area contributed by atoms with Crippen molar-refractivity contribution in [1.82, 2.24) is 15.5 Å². The van der Waals surface area contributed by atoms with Gasteiger partial charge in [-0.05, 0) is 42.0 Å². The molecule has 6 nitrogen and oxygen atoms in total. The Morgan fingerprint density at radius 1 is 1.16 bits per heavy atom. The van der Waals surface area contributed by atoms with Crippen LogP contribution in [-0.4, -0.2) is 23.2 Å². The van der Waals surface area contributed by atoms with Gasteiger partial charge in [0.05, 0.1) is 20.1 Å². The average Bonchev–Trinajstić information content (AvgIpc) is 3.11. The molecule has 0 aliphatic heterocycles. The maximum Gasteiger partial charge on any atom is 0.246 e. The van der Waals surface area contributed by atoms with Gasteiger partial charge in [-0.2, -0.15) is 4.98 Å².